The predicted molar refractivity (Wildman–Crippen MR) is 33.8 cm³/mol. The van der Waals surface area contributed by atoms with Crippen LogP contribution in [0.1, 0.15) is 19.8 Å². The second kappa shape index (κ2) is 1.77. The summed E-state index contributed by atoms with van der Waals surface area (Å²) in [6, 6.07) is 0. The van der Waals surface area contributed by atoms with Crippen molar-refractivity contribution in [3.63, 3.8) is 0 Å². The maximum Gasteiger partial charge on any atom is 0.0936 e. The molecule has 0 radical (unpaired) electrons. The zero-order valence-electron chi connectivity index (χ0n) is 5.15. The van der Waals surface area contributed by atoms with Crippen LogP contribution >= 0.6 is 0 Å². The molecule has 2 nitrogen and oxygen atoms in total. The summed E-state index contributed by atoms with van der Waals surface area (Å²) in [4.78, 5) is 0. The van der Waals surface area contributed by atoms with E-state index in [1.54, 1.807) is 0 Å². The quantitative estimate of drug-likeness (QED) is 0.406. The van der Waals surface area contributed by atoms with E-state index in [1.807, 2.05) is 6.92 Å². The fraction of sp³-hybridized carbons (Fsp3) is 0.833. The predicted octanol–water partition coefficient (Wildman–Crippen LogP) is 0.968. The van der Waals surface area contributed by atoms with E-state index in [4.69, 9.17) is 11.1 Å². The van der Waals surface area contributed by atoms with E-state index >= 15 is 0 Å². The second-order valence-corrected chi connectivity index (χ2v) is 2.58. The van der Waals surface area contributed by atoms with Crippen molar-refractivity contribution in [2.24, 2.45) is 17.6 Å². The van der Waals surface area contributed by atoms with Crippen LogP contribution in [0, 0.1) is 17.2 Å². The molecule has 0 aromatic heterocycles. The molecule has 3 N–H and O–H groups in total. The molecule has 0 unspecified atom stereocenters. The first-order valence-electron chi connectivity index (χ1n) is 3.05. The van der Waals surface area contributed by atoms with Crippen molar-refractivity contribution >= 4 is 5.84 Å². The lowest BCUT2D eigenvalue weighted by molar-refractivity contribution is 0.657. The van der Waals surface area contributed by atoms with Gasteiger partial charge in [0, 0.05) is 5.92 Å². The van der Waals surface area contributed by atoms with Crippen molar-refractivity contribution < 1.29 is 0 Å². The highest BCUT2D eigenvalue weighted by molar-refractivity contribution is 5.79. The Labute approximate surface area is 49.6 Å². The number of nitrogens with two attached hydrogens (primary N) is 1. The normalized spacial score (nSPS) is 22.6. The molecule has 1 aliphatic carbocycles. The molecule has 0 spiro atoms. The molecule has 8 heavy (non-hydrogen) atoms. The molecule has 46 valence electrons. The minimum atomic E-state index is 0.343. The van der Waals surface area contributed by atoms with Crippen LogP contribution in [0.4, 0.5) is 0 Å². The average molecular weight is 112 g/mol. The fourth-order valence-electron chi connectivity index (χ4n) is 0.850. The Morgan fingerprint density at radius 2 is 2.25 bits per heavy atom. The monoisotopic (exact) mass is 112 g/mol. The van der Waals surface area contributed by atoms with E-state index in [-0.39, 0.29) is 0 Å². The molecule has 0 aromatic carbocycles. The SMILES string of the molecule is C[C@@H](C(=N)N)C1CC1. The molecule has 0 heterocycles. The molecule has 2 heteroatoms. The maximum absolute atomic E-state index is 7.05. The molecular formula is C6H12N2. The number of rotatable bonds is 2. The van der Waals surface area contributed by atoms with E-state index in [9.17, 15) is 0 Å². The summed E-state index contributed by atoms with van der Waals surface area (Å²) in [6.45, 7) is 2.03. The third-order valence-corrected chi connectivity index (χ3v) is 1.82. The summed E-state index contributed by atoms with van der Waals surface area (Å²) in [6.07, 6.45) is 2.56. The third kappa shape index (κ3) is 0.997. The summed E-state index contributed by atoms with van der Waals surface area (Å²) in [5.41, 5.74) is 5.26. The number of hydrogen-bond acceptors (Lipinski definition) is 1. The molecule has 1 saturated carbocycles. The van der Waals surface area contributed by atoms with E-state index in [0.717, 1.165) is 5.92 Å². The van der Waals surface area contributed by atoms with Crippen LogP contribution in [0.5, 0.6) is 0 Å². The topological polar surface area (TPSA) is 49.9 Å². The van der Waals surface area contributed by atoms with Gasteiger partial charge in [0.1, 0.15) is 0 Å². The third-order valence-electron chi connectivity index (χ3n) is 1.82. The number of hydrogen-bond donors (Lipinski definition) is 2. The average Bonchev–Trinajstić information content (AvgIpc) is 2.43. The molecule has 0 saturated heterocycles. The van der Waals surface area contributed by atoms with Crippen LogP contribution in [0.15, 0.2) is 0 Å². The number of amidine groups is 1. The first-order chi connectivity index (χ1) is 3.72. The van der Waals surface area contributed by atoms with Crippen LogP contribution < -0.4 is 5.73 Å². The lowest BCUT2D eigenvalue weighted by atomic mass is 10.1. The first-order valence-corrected chi connectivity index (χ1v) is 3.05. The van der Waals surface area contributed by atoms with Gasteiger partial charge >= 0.3 is 0 Å². The van der Waals surface area contributed by atoms with E-state index in [2.05, 4.69) is 0 Å². The number of nitrogens with one attached hydrogen (secondary N) is 1. The van der Waals surface area contributed by atoms with Crippen LogP contribution in [-0.4, -0.2) is 5.84 Å². The lowest BCUT2D eigenvalue weighted by Crippen LogP contribution is -2.20. The van der Waals surface area contributed by atoms with Crippen molar-refractivity contribution in [3.05, 3.63) is 0 Å². The Hall–Kier alpha value is -0.530. The summed E-state index contributed by atoms with van der Waals surface area (Å²) in [5.74, 6) is 1.44. The molecule has 0 amide bonds. The Bertz CT molecular complexity index is 105. The molecular weight excluding hydrogens is 100 g/mol. The summed E-state index contributed by atoms with van der Waals surface area (Å²) < 4.78 is 0. The van der Waals surface area contributed by atoms with Gasteiger partial charge in [-0.3, -0.25) is 5.41 Å². The highest BCUT2D eigenvalue weighted by Gasteiger charge is 2.29. The highest BCUT2D eigenvalue weighted by Crippen LogP contribution is 2.36. The first kappa shape index (κ1) is 5.60. The fourth-order valence-corrected chi connectivity index (χ4v) is 0.850. The zero-order valence-corrected chi connectivity index (χ0v) is 5.15. The maximum atomic E-state index is 7.05. The molecule has 0 aliphatic heterocycles. The van der Waals surface area contributed by atoms with Gasteiger partial charge in [0.25, 0.3) is 0 Å². The van der Waals surface area contributed by atoms with Gasteiger partial charge in [-0.15, -0.1) is 0 Å². The van der Waals surface area contributed by atoms with Crippen LogP contribution in [0.2, 0.25) is 0 Å². The summed E-state index contributed by atoms with van der Waals surface area (Å²) in [5, 5.41) is 7.05. The van der Waals surface area contributed by atoms with Crippen molar-refractivity contribution in [1.29, 1.82) is 5.41 Å². The van der Waals surface area contributed by atoms with E-state index in [0.29, 0.717) is 11.8 Å². The molecule has 0 aromatic rings. The van der Waals surface area contributed by atoms with Crippen LogP contribution in [0.3, 0.4) is 0 Å². The molecule has 0 bridgehead atoms. The largest absolute Gasteiger partial charge is 0.387 e. The van der Waals surface area contributed by atoms with Crippen molar-refractivity contribution in [1.82, 2.24) is 0 Å². The second-order valence-electron chi connectivity index (χ2n) is 2.58. The van der Waals surface area contributed by atoms with Crippen LogP contribution in [0.25, 0.3) is 0 Å². The standard InChI is InChI=1S/C6H12N2/c1-4(6(7)8)5-2-3-5/h4-5H,2-3H2,1H3,(H3,7,8)/t4-/m1/s1. The lowest BCUT2D eigenvalue weighted by Gasteiger charge is -2.04. The Balaban J connectivity index is 2.32. The van der Waals surface area contributed by atoms with Gasteiger partial charge in [0.2, 0.25) is 0 Å². The van der Waals surface area contributed by atoms with Gasteiger partial charge in [0.15, 0.2) is 0 Å². The molecule has 1 aliphatic rings. The van der Waals surface area contributed by atoms with Crippen molar-refractivity contribution in [3.8, 4) is 0 Å². The molecule has 1 atom stereocenters. The van der Waals surface area contributed by atoms with Gasteiger partial charge in [-0.05, 0) is 18.8 Å². The van der Waals surface area contributed by atoms with E-state index in [1.165, 1.54) is 12.8 Å². The van der Waals surface area contributed by atoms with Gasteiger partial charge in [-0.25, -0.2) is 0 Å². The summed E-state index contributed by atoms with van der Waals surface area (Å²) >= 11 is 0. The van der Waals surface area contributed by atoms with E-state index < -0.39 is 0 Å². The van der Waals surface area contributed by atoms with Crippen molar-refractivity contribution in [2.45, 2.75) is 19.8 Å². The molecule has 1 fully saturated rings. The minimum Gasteiger partial charge on any atom is -0.387 e. The zero-order chi connectivity index (χ0) is 6.15. The van der Waals surface area contributed by atoms with Crippen molar-refractivity contribution in [2.75, 3.05) is 0 Å². The van der Waals surface area contributed by atoms with Gasteiger partial charge in [-0.1, -0.05) is 6.92 Å². The Kier molecular flexibility index (Phi) is 1.24. The van der Waals surface area contributed by atoms with Gasteiger partial charge in [-0.2, -0.15) is 0 Å². The summed E-state index contributed by atoms with van der Waals surface area (Å²) in [7, 11) is 0. The van der Waals surface area contributed by atoms with Gasteiger partial charge < -0.3 is 5.73 Å². The highest BCUT2D eigenvalue weighted by atomic mass is 14.7. The van der Waals surface area contributed by atoms with Crippen LogP contribution in [-0.2, 0) is 0 Å². The molecule has 1 rings (SSSR count). The minimum absolute atomic E-state index is 0.343. The van der Waals surface area contributed by atoms with Gasteiger partial charge in [0.05, 0.1) is 5.84 Å². The Morgan fingerprint density at radius 1 is 1.75 bits per heavy atom. The smallest absolute Gasteiger partial charge is 0.0936 e. The Morgan fingerprint density at radius 3 is 2.38 bits per heavy atom.